The first-order valence-corrected chi connectivity index (χ1v) is 10.2. The number of nitrogens with two attached hydrogens (primary N) is 1. The third-order valence-corrected chi connectivity index (χ3v) is 5.40. The lowest BCUT2D eigenvalue weighted by molar-refractivity contribution is -0.137. The van der Waals surface area contributed by atoms with Crippen LogP contribution in [0.15, 0.2) is 47.6 Å². The molecule has 0 saturated heterocycles. The minimum Gasteiger partial charge on any atom is -0.486 e. The molecule has 0 radical (unpaired) electrons. The molecule has 2 aromatic carbocycles. The van der Waals surface area contributed by atoms with Crippen LogP contribution in [0.3, 0.4) is 0 Å². The van der Waals surface area contributed by atoms with Gasteiger partial charge in [-0.15, -0.1) is 10.2 Å². The average Bonchev–Trinajstić information content (AvgIpc) is 3.07. The van der Waals surface area contributed by atoms with Gasteiger partial charge in [0, 0.05) is 5.02 Å². The number of amides is 1. The SMILES string of the molecule is CC(Sc1nnc(COc2ccc(F)cc2)n1N)C(=O)Nc1ccc(Cl)cc1C(F)(F)F. The van der Waals surface area contributed by atoms with Crippen LogP contribution < -0.4 is 15.9 Å². The molecule has 7 nitrogen and oxygen atoms in total. The summed E-state index contributed by atoms with van der Waals surface area (Å²) in [5, 5.41) is 9.18. The number of benzene rings is 2. The summed E-state index contributed by atoms with van der Waals surface area (Å²) in [6.07, 6.45) is -4.69. The van der Waals surface area contributed by atoms with Crippen molar-refractivity contribution >= 4 is 35.0 Å². The fraction of sp³-hybridized carbons (Fsp3) is 0.211. The van der Waals surface area contributed by atoms with E-state index >= 15 is 0 Å². The molecule has 3 N–H and O–H groups in total. The molecule has 3 aromatic rings. The zero-order valence-electron chi connectivity index (χ0n) is 16.4. The van der Waals surface area contributed by atoms with Crippen molar-refractivity contribution in [1.29, 1.82) is 0 Å². The number of thioether (sulfide) groups is 1. The van der Waals surface area contributed by atoms with Crippen LogP contribution in [0.5, 0.6) is 5.75 Å². The van der Waals surface area contributed by atoms with Gasteiger partial charge in [0.1, 0.15) is 18.2 Å². The Morgan fingerprint density at radius 3 is 2.59 bits per heavy atom. The molecule has 3 rings (SSSR count). The quantitative estimate of drug-likeness (QED) is 0.288. The molecule has 0 spiro atoms. The molecule has 1 atom stereocenters. The second-order valence-electron chi connectivity index (χ2n) is 6.45. The number of nitrogens with zero attached hydrogens (tertiary/aromatic N) is 3. The fourth-order valence-electron chi connectivity index (χ4n) is 2.47. The second-order valence-corrected chi connectivity index (χ2v) is 8.19. The number of nitrogens with one attached hydrogen (secondary N) is 1. The number of ether oxygens (including phenoxy) is 1. The van der Waals surface area contributed by atoms with Gasteiger partial charge in [0.05, 0.1) is 16.5 Å². The summed E-state index contributed by atoms with van der Waals surface area (Å²) in [6, 6.07) is 8.38. The first-order valence-electron chi connectivity index (χ1n) is 8.96. The number of anilines is 1. The predicted octanol–water partition coefficient (Wildman–Crippen LogP) is 4.50. The van der Waals surface area contributed by atoms with Crippen molar-refractivity contribution in [3.63, 3.8) is 0 Å². The van der Waals surface area contributed by atoms with Gasteiger partial charge in [0.25, 0.3) is 0 Å². The zero-order chi connectivity index (χ0) is 23.5. The first-order chi connectivity index (χ1) is 15.0. The van der Waals surface area contributed by atoms with Crippen molar-refractivity contribution in [3.05, 3.63) is 64.7 Å². The van der Waals surface area contributed by atoms with Crippen LogP contribution in [0.25, 0.3) is 0 Å². The van der Waals surface area contributed by atoms with Crippen molar-refractivity contribution in [2.45, 2.75) is 30.1 Å². The van der Waals surface area contributed by atoms with Crippen LogP contribution in [0.2, 0.25) is 5.02 Å². The van der Waals surface area contributed by atoms with E-state index in [-0.39, 0.29) is 22.6 Å². The van der Waals surface area contributed by atoms with Gasteiger partial charge in [-0.1, -0.05) is 23.4 Å². The monoisotopic (exact) mass is 489 g/mol. The molecule has 0 aliphatic rings. The van der Waals surface area contributed by atoms with E-state index in [0.29, 0.717) is 5.75 Å². The number of alkyl halides is 3. The minimum atomic E-state index is -4.69. The number of hydrogen-bond acceptors (Lipinski definition) is 6. The summed E-state index contributed by atoms with van der Waals surface area (Å²) < 4.78 is 59.1. The Hall–Kier alpha value is -2.99. The Bertz CT molecular complexity index is 1110. The van der Waals surface area contributed by atoms with Gasteiger partial charge in [-0.25, -0.2) is 9.07 Å². The van der Waals surface area contributed by atoms with Crippen molar-refractivity contribution < 1.29 is 27.1 Å². The lowest BCUT2D eigenvalue weighted by Gasteiger charge is -2.16. The van der Waals surface area contributed by atoms with Crippen molar-refractivity contribution in [2.75, 3.05) is 11.2 Å². The van der Waals surface area contributed by atoms with Crippen molar-refractivity contribution in [3.8, 4) is 5.75 Å². The van der Waals surface area contributed by atoms with E-state index in [9.17, 15) is 22.4 Å². The zero-order valence-corrected chi connectivity index (χ0v) is 17.9. The number of halogens is 5. The second kappa shape index (κ2) is 9.65. The van der Waals surface area contributed by atoms with Gasteiger partial charge >= 0.3 is 6.18 Å². The van der Waals surface area contributed by atoms with E-state index in [1.165, 1.54) is 37.3 Å². The van der Waals surface area contributed by atoms with Crippen molar-refractivity contribution in [1.82, 2.24) is 14.9 Å². The fourth-order valence-corrected chi connectivity index (χ4v) is 3.43. The molecule has 0 aliphatic carbocycles. The molecule has 1 aromatic heterocycles. The highest BCUT2D eigenvalue weighted by Crippen LogP contribution is 2.37. The van der Waals surface area contributed by atoms with Gasteiger partial charge in [-0.3, -0.25) is 4.79 Å². The molecule has 0 saturated carbocycles. The number of rotatable bonds is 7. The molecule has 0 aliphatic heterocycles. The lowest BCUT2D eigenvalue weighted by Crippen LogP contribution is -2.25. The summed E-state index contributed by atoms with van der Waals surface area (Å²) in [5.74, 6) is 5.43. The van der Waals surface area contributed by atoms with E-state index in [0.717, 1.165) is 28.6 Å². The van der Waals surface area contributed by atoms with E-state index in [2.05, 4.69) is 15.5 Å². The van der Waals surface area contributed by atoms with Gasteiger partial charge < -0.3 is 15.9 Å². The highest BCUT2D eigenvalue weighted by molar-refractivity contribution is 8.00. The largest absolute Gasteiger partial charge is 0.486 e. The number of carbonyl (C=O) groups is 1. The molecule has 0 bridgehead atoms. The van der Waals surface area contributed by atoms with Crippen LogP contribution in [0, 0.1) is 5.82 Å². The number of hydrogen-bond donors (Lipinski definition) is 2. The molecule has 0 fully saturated rings. The van der Waals surface area contributed by atoms with Crippen molar-refractivity contribution in [2.24, 2.45) is 0 Å². The van der Waals surface area contributed by atoms with E-state index in [1.807, 2.05) is 0 Å². The molecule has 1 heterocycles. The topological polar surface area (TPSA) is 95.1 Å². The third-order valence-electron chi connectivity index (χ3n) is 4.11. The Morgan fingerprint density at radius 1 is 1.25 bits per heavy atom. The molecule has 170 valence electrons. The Kier molecular flexibility index (Phi) is 7.14. The maximum atomic E-state index is 13.2. The standard InChI is InChI=1S/C19H16ClF4N5O2S/c1-10(17(30)26-15-7-2-11(20)8-14(15)19(22,23)24)32-18-28-27-16(29(18)25)9-31-13-5-3-12(21)4-6-13/h2-8,10H,9,25H2,1H3,(H,26,30). The van der Waals surface area contributed by atoms with Crippen LogP contribution in [0.4, 0.5) is 23.2 Å². The summed E-state index contributed by atoms with van der Waals surface area (Å²) in [7, 11) is 0. The Morgan fingerprint density at radius 2 is 1.94 bits per heavy atom. The van der Waals surface area contributed by atoms with Gasteiger partial charge in [0.15, 0.2) is 5.82 Å². The predicted molar refractivity (Wildman–Crippen MR) is 111 cm³/mol. The summed E-state index contributed by atoms with van der Waals surface area (Å²) in [4.78, 5) is 12.5. The number of nitrogen functional groups attached to an aromatic ring is 1. The third kappa shape index (κ3) is 5.82. The van der Waals surface area contributed by atoms with Crippen LogP contribution in [0.1, 0.15) is 18.3 Å². The average molecular weight is 490 g/mol. The molecular formula is C19H16ClF4N5O2S. The molecule has 13 heteroatoms. The van der Waals surface area contributed by atoms with Gasteiger partial charge in [-0.2, -0.15) is 13.2 Å². The number of aromatic nitrogens is 3. The van der Waals surface area contributed by atoms with Crippen LogP contribution in [-0.2, 0) is 17.6 Å². The van der Waals surface area contributed by atoms with E-state index < -0.39 is 34.4 Å². The van der Waals surface area contributed by atoms with Gasteiger partial charge in [0.2, 0.25) is 11.1 Å². The smallest absolute Gasteiger partial charge is 0.418 e. The summed E-state index contributed by atoms with van der Waals surface area (Å²) >= 11 is 6.54. The van der Waals surface area contributed by atoms with Gasteiger partial charge in [-0.05, 0) is 49.4 Å². The minimum absolute atomic E-state index is 0.0734. The summed E-state index contributed by atoms with van der Waals surface area (Å²) in [6.45, 7) is 1.41. The van der Waals surface area contributed by atoms with Crippen LogP contribution in [-0.4, -0.2) is 26.0 Å². The maximum absolute atomic E-state index is 13.2. The molecular weight excluding hydrogens is 474 g/mol. The highest BCUT2D eigenvalue weighted by atomic mass is 35.5. The molecule has 32 heavy (non-hydrogen) atoms. The van der Waals surface area contributed by atoms with Crippen LogP contribution >= 0.6 is 23.4 Å². The molecule has 1 amide bonds. The Balaban J connectivity index is 1.64. The highest BCUT2D eigenvalue weighted by Gasteiger charge is 2.34. The number of carbonyl (C=O) groups excluding carboxylic acids is 1. The molecule has 1 unspecified atom stereocenters. The van der Waals surface area contributed by atoms with E-state index in [4.69, 9.17) is 22.2 Å². The first kappa shape index (κ1) is 23.7. The summed E-state index contributed by atoms with van der Waals surface area (Å²) in [5.41, 5.74) is -1.47. The lowest BCUT2D eigenvalue weighted by atomic mass is 10.1. The Labute approximate surface area is 188 Å². The maximum Gasteiger partial charge on any atom is 0.418 e. The van der Waals surface area contributed by atoms with E-state index in [1.54, 1.807) is 0 Å². The normalized spacial score (nSPS) is 12.4.